The number of carbonyl (C=O) groups excluding carboxylic acids is 1. The summed E-state index contributed by atoms with van der Waals surface area (Å²) in [4.78, 5) is 16.9. The molecule has 0 aliphatic carbocycles. The number of carbonyl (C=O) groups is 1. The first-order valence-corrected chi connectivity index (χ1v) is 6.34. The predicted molar refractivity (Wildman–Crippen MR) is 64.8 cm³/mol. The van der Waals surface area contributed by atoms with Gasteiger partial charge in [-0.05, 0) is 19.8 Å². The second kappa shape index (κ2) is 6.08. The molecule has 1 amide bonds. The van der Waals surface area contributed by atoms with Gasteiger partial charge in [0.2, 0.25) is 5.91 Å². The Morgan fingerprint density at radius 3 is 2.87 bits per heavy atom. The van der Waals surface area contributed by atoms with Crippen molar-refractivity contribution in [2.75, 3.05) is 11.2 Å². The maximum Gasteiger partial charge on any atom is 0.226 e. The first kappa shape index (κ1) is 12.5. The van der Waals surface area contributed by atoms with Crippen LogP contribution in [0.4, 0.5) is 5.13 Å². The molecule has 1 rings (SSSR count). The summed E-state index contributed by atoms with van der Waals surface area (Å²) in [5.41, 5.74) is 1.06. The van der Waals surface area contributed by atoms with Crippen molar-refractivity contribution in [3.05, 3.63) is 10.6 Å². The molecule has 84 valence electrons. The molecule has 1 aromatic rings. The molecule has 0 spiro atoms. The van der Waals surface area contributed by atoms with E-state index in [2.05, 4.69) is 17.2 Å². The van der Waals surface area contributed by atoms with Gasteiger partial charge < -0.3 is 5.32 Å². The summed E-state index contributed by atoms with van der Waals surface area (Å²) in [6.07, 6.45) is 2.07. The molecule has 0 saturated carbocycles. The largest absolute Gasteiger partial charge is 0.302 e. The Balaban J connectivity index is 2.53. The summed E-state index contributed by atoms with van der Waals surface area (Å²) < 4.78 is 0. The third-order valence-electron chi connectivity index (χ3n) is 2.01. The summed E-state index contributed by atoms with van der Waals surface area (Å²) in [5, 5.41) is 3.48. The summed E-state index contributed by atoms with van der Waals surface area (Å²) >= 11 is 7.03. The van der Waals surface area contributed by atoms with Gasteiger partial charge >= 0.3 is 0 Å². The van der Waals surface area contributed by atoms with Gasteiger partial charge in [0, 0.05) is 17.2 Å². The van der Waals surface area contributed by atoms with Crippen molar-refractivity contribution in [1.29, 1.82) is 0 Å². The minimum atomic E-state index is -0.00736. The van der Waals surface area contributed by atoms with Gasteiger partial charge in [-0.15, -0.1) is 22.9 Å². The van der Waals surface area contributed by atoms with Crippen molar-refractivity contribution in [2.24, 2.45) is 0 Å². The van der Waals surface area contributed by atoms with Crippen LogP contribution in [0.3, 0.4) is 0 Å². The summed E-state index contributed by atoms with van der Waals surface area (Å²) in [7, 11) is 0. The molecular weight excluding hydrogens is 232 g/mol. The van der Waals surface area contributed by atoms with E-state index in [-0.39, 0.29) is 5.91 Å². The molecule has 1 N–H and O–H groups in total. The summed E-state index contributed by atoms with van der Waals surface area (Å²) in [5.74, 6) is 0.511. The Hall–Kier alpha value is -0.610. The van der Waals surface area contributed by atoms with Gasteiger partial charge in [-0.1, -0.05) is 6.92 Å². The number of nitrogens with one attached hydrogen (secondary N) is 1. The Labute approximate surface area is 98.9 Å². The fourth-order valence-electron chi connectivity index (χ4n) is 1.22. The van der Waals surface area contributed by atoms with Gasteiger partial charge in [-0.25, -0.2) is 4.98 Å². The Morgan fingerprint density at radius 1 is 1.60 bits per heavy atom. The van der Waals surface area contributed by atoms with E-state index >= 15 is 0 Å². The number of hydrogen-bond acceptors (Lipinski definition) is 3. The molecule has 5 heteroatoms. The minimum Gasteiger partial charge on any atom is -0.302 e. The van der Waals surface area contributed by atoms with Crippen molar-refractivity contribution in [2.45, 2.75) is 33.1 Å². The highest BCUT2D eigenvalue weighted by molar-refractivity contribution is 7.15. The van der Waals surface area contributed by atoms with E-state index in [1.807, 2.05) is 6.92 Å². The normalized spacial score (nSPS) is 10.3. The predicted octanol–water partition coefficient (Wildman–Crippen LogP) is 2.97. The SMILES string of the molecule is CCc1nc(NC(=O)CCCCl)sc1C. The fourth-order valence-corrected chi connectivity index (χ4v) is 2.27. The minimum absolute atomic E-state index is 0.00736. The molecule has 0 aliphatic rings. The average molecular weight is 247 g/mol. The topological polar surface area (TPSA) is 42.0 Å². The number of amides is 1. The maximum atomic E-state index is 11.4. The van der Waals surface area contributed by atoms with Gasteiger partial charge in [0.15, 0.2) is 5.13 Å². The van der Waals surface area contributed by atoms with Crippen LogP contribution < -0.4 is 5.32 Å². The van der Waals surface area contributed by atoms with Gasteiger partial charge in [-0.3, -0.25) is 4.79 Å². The van der Waals surface area contributed by atoms with Crippen LogP contribution in [0, 0.1) is 6.92 Å². The summed E-state index contributed by atoms with van der Waals surface area (Å²) in [6, 6.07) is 0. The lowest BCUT2D eigenvalue weighted by Crippen LogP contribution is -2.11. The van der Waals surface area contributed by atoms with Crippen LogP contribution >= 0.6 is 22.9 Å². The van der Waals surface area contributed by atoms with E-state index in [1.54, 1.807) is 0 Å². The van der Waals surface area contributed by atoms with Crippen LogP contribution in [-0.2, 0) is 11.2 Å². The van der Waals surface area contributed by atoms with Gasteiger partial charge in [0.25, 0.3) is 0 Å². The number of thiazole rings is 1. The summed E-state index contributed by atoms with van der Waals surface area (Å²) in [6.45, 7) is 4.08. The molecule has 0 bridgehead atoms. The zero-order valence-corrected chi connectivity index (χ0v) is 10.5. The molecular formula is C10H15ClN2OS. The highest BCUT2D eigenvalue weighted by Gasteiger charge is 2.08. The average Bonchev–Trinajstić information content (AvgIpc) is 2.55. The van der Waals surface area contributed by atoms with Gasteiger partial charge in [-0.2, -0.15) is 0 Å². The standard InChI is InChI=1S/C10H15ClN2OS/c1-3-8-7(2)15-10(12-8)13-9(14)5-4-6-11/h3-6H2,1-2H3,(H,12,13,14). The smallest absolute Gasteiger partial charge is 0.226 e. The first-order valence-electron chi connectivity index (χ1n) is 4.99. The number of hydrogen-bond donors (Lipinski definition) is 1. The molecule has 0 aliphatic heterocycles. The van der Waals surface area contributed by atoms with E-state index in [1.165, 1.54) is 16.2 Å². The van der Waals surface area contributed by atoms with Crippen LogP contribution in [0.25, 0.3) is 0 Å². The molecule has 0 radical (unpaired) electrons. The van der Waals surface area contributed by atoms with E-state index in [4.69, 9.17) is 11.6 Å². The second-order valence-corrected chi connectivity index (χ2v) is 4.80. The molecule has 1 aromatic heterocycles. The zero-order valence-electron chi connectivity index (χ0n) is 8.97. The molecule has 0 atom stereocenters. The first-order chi connectivity index (χ1) is 7.17. The lowest BCUT2D eigenvalue weighted by Gasteiger charge is -1.98. The molecule has 0 fully saturated rings. The molecule has 3 nitrogen and oxygen atoms in total. The molecule has 0 saturated heterocycles. The van der Waals surface area contributed by atoms with Gasteiger partial charge in [0.05, 0.1) is 5.69 Å². The van der Waals surface area contributed by atoms with Crippen LogP contribution in [0.15, 0.2) is 0 Å². The van der Waals surface area contributed by atoms with Gasteiger partial charge in [0.1, 0.15) is 0 Å². The van der Waals surface area contributed by atoms with E-state index in [9.17, 15) is 4.79 Å². The van der Waals surface area contributed by atoms with E-state index in [0.717, 1.165) is 12.1 Å². The van der Waals surface area contributed by atoms with Crippen molar-refractivity contribution in [3.8, 4) is 0 Å². The van der Waals surface area contributed by atoms with Crippen LogP contribution in [-0.4, -0.2) is 16.8 Å². The van der Waals surface area contributed by atoms with Crippen molar-refractivity contribution >= 4 is 34.0 Å². The lowest BCUT2D eigenvalue weighted by atomic mass is 10.3. The number of rotatable bonds is 5. The monoisotopic (exact) mass is 246 g/mol. The Morgan fingerprint density at radius 2 is 2.33 bits per heavy atom. The lowest BCUT2D eigenvalue weighted by molar-refractivity contribution is -0.116. The Kier molecular flexibility index (Phi) is 5.05. The fraction of sp³-hybridized carbons (Fsp3) is 0.600. The van der Waals surface area contributed by atoms with E-state index in [0.29, 0.717) is 23.9 Å². The molecule has 15 heavy (non-hydrogen) atoms. The van der Waals surface area contributed by atoms with Crippen LogP contribution in [0.5, 0.6) is 0 Å². The highest BCUT2D eigenvalue weighted by atomic mass is 35.5. The second-order valence-electron chi connectivity index (χ2n) is 3.22. The third-order valence-corrected chi connectivity index (χ3v) is 3.21. The number of aryl methyl sites for hydroxylation is 2. The number of anilines is 1. The Bertz CT molecular complexity index is 338. The molecule has 0 aromatic carbocycles. The maximum absolute atomic E-state index is 11.4. The molecule has 1 heterocycles. The van der Waals surface area contributed by atoms with Crippen LogP contribution in [0.1, 0.15) is 30.3 Å². The number of aromatic nitrogens is 1. The van der Waals surface area contributed by atoms with Crippen molar-refractivity contribution in [3.63, 3.8) is 0 Å². The van der Waals surface area contributed by atoms with Crippen molar-refractivity contribution < 1.29 is 4.79 Å². The van der Waals surface area contributed by atoms with E-state index < -0.39 is 0 Å². The zero-order chi connectivity index (χ0) is 11.3. The highest BCUT2D eigenvalue weighted by Crippen LogP contribution is 2.22. The van der Waals surface area contributed by atoms with Crippen LogP contribution in [0.2, 0.25) is 0 Å². The third kappa shape index (κ3) is 3.80. The van der Waals surface area contributed by atoms with Crippen molar-refractivity contribution in [1.82, 2.24) is 4.98 Å². The number of halogens is 1. The number of alkyl halides is 1. The molecule has 0 unspecified atom stereocenters. The quantitative estimate of drug-likeness (QED) is 0.812. The number of nitrogens with zero attached hydrogens (tertiary/aromatic N) is 1.